The molecule has 0 amide bonds. The third-order valence-corrected chi connectivity index (χ3v) is 12.3. The minimum absolute atomic E-state index is 0.579. The molecule has 0 atom stereocenters. The molecular weight excluding hydrogens is 691 g/mol. The number of benzene rings is 9. The number of para-hydroxylation sites is 2. The van der Waals surface area contributed by atoms with Gasteiger partial charge in [-0.15, -0.1) is 0 Å². The second kappa shape index (κ2) is 12.3. The average Bonchev–Trinajstić information content (AvgIpc) is 3.91. The van der Waals surface area contributed by atoms with Gasteiger partial charge in [0.2, 0.25) is 0 Å². The predicted molar refractivity (Wildman–Crippen MR) is 236 cm³/mol. The van der Waals surface area contributed by atoms with E-state index in [1.54, 1.807) is 0 Å². The lowest BCUT2D eigenvalue weighted by molar-refractivity contribution is 0.666. The molecule has 1 aromatic heterocycles. The van der Waals surface area contributed by atoms with Crippen LogP contribution in [0.3, 0.4) is 0 Å². The minimum Gasteiger partial charge on any atom is -0.456 e. The summed E-state index contributed by atoms with van der Waals surface area (Å²) in [5.74, 6) is 0. The number of hydrogen-bond donors (Lipinski definition) is 0. The summed E-state index contributed by atoms with van der Waals surface area (Å²) < 4.78 is 6.96. The summed E-state index contributed by atoms with van der Waals surface area (Å²) >= 11 is 0. The molecule has 9 aromatic carbocycles. The highest BCUT2D eigenvalue weighted by Crippen LogP contribution is 2.66. The van der Waals surface area contributed by atoms with Crippen molar-refractivity contribution in [3.8, 4) is 44.5 Å². The monoisotopic (exact) mass is 725 g/mol. The summed E-state index contributed by atoms with van der Waals surface area (Å²) in [6.07, 6.45) is 0. The van der Waals surface area contributed by atoms with E-state index in [0.717, 1.165) is 39.0 Å². The second-order valence-corrected chi connectivity index (χ2v) is 15.2. The summed E-state index contributed by atoms with van der Waals surface area (Å²) in [6, 6.07) is 77.4. The summed E-state index contributed by atoms with van der Waals surface area (Å²) in [7, 11) is 0. The molecule has 0 radical (unpaired) electrons. The number of furan rings is 1. The van der Waals surface area contributed by atoms with Crippen LogP contribution >= 0.6 is 0 Å². The van der Waals surface area contributed by atoms with Crippen LogP contribution in [0.4, 0.5) is 17.1 Å². The molecule has 57 heavy (non-hydrogen) atoms. The number of hydrogen-bond acceptors (Lipinski definition) is 2. The van der Waals surface area contributed by atoms with Gasteiger partial charge in [0.1, 0.15) is 11.2 Å². The topological polar surface area (TPSA) is 16.4 Å². The molecule has 0 saturated heterocycles. The van der Waals surface area contributed by atoms with Gasteiger partial charge < -0.3 is 9.32 Å². The normalized spacial score (nSPS) is 13.1. The molecule has 0 bridgehead atoms. The minimum atomic E-state index is -0.579. The molecule has 2 aliphatic rings. The van der Waals surface area contributed by atoms with Crippen molar-refractivity contribution in [3.05, 3.63) is 235 Å². The Morgan fingerprint density at radius 2 is 0.877 bits per heavy atom. The maximum absolute atomic E-state index is 6.96. The van der Waals surface area contributed by atoms with Crippen LogP contribution in [-0.2, 0) is 5.41 Å². The Labute approximate surface area is 331 Å². The number of fused-ring (bicyclic) bond motifs is 13. The van der Waals surface area contributed by atoms with Gasteiger partial charge in [0.05, 0.1) is 16.5 Å². The zero-order chi connectivity index (χ0) is 37.5. The smallest absolute Gasteiger partial charge is 0.137 e. The Bertz CT molecular complexity index is 3120. The van der Waals surface area contributed by atoms with E-state index in [2.05, 4.69) is 217 Å². The van der Waals surface area contributed by atoms with E-state index in [4.69, 9.17) is 4.42 Å². The van der Waals surface area contributed by atoms with Gasteiger partial charge in [0, 0.05) is 22.3 Å². The fourth-order valence-corrected chi connectivity index (χ4v) is 9.92. The van der Waals surface area contributed by atoms with Gasteiger partial charge in [-0.2, -0.15) is 0 Å². The highest BCUT2D eigenvalue weighted by molar-refractivity contribution is 6.19. The van der Waals surface area contributed by atoms with E-state index in [9.17, 15) is 0 Å². The Hall–Kier alpha value is -7.42. The van der Waals surface area contributed by atoms with Crippen molar-refractivity contribution in [1.82, 2.24) is 0 Å². The third kappa shape index (κ3) is 4.53. The van der Waals surface area contributed by atoms with Crippen LogP contribution in [0.25, 0.3) is 66.4 Å². The maximum atomic E-state index is 6.96. The van der Waals surface area contributed by atoms with Crippen molar-refractivity contribution >= 4 is 39.0 Å². The van der Waals surface area contributed by atoms with E-state index < -0.39 is 5.41 Å². The largest absolute Gasteiger partial charge is 0.456 e. The van der Waals surface area contributed by atoms with Gasteiger partial charge in [0.25, 0.3) is 0 Å². The zero-order valence-corrected chi connectivity index (χ0v) is 31.1. The molecule has 2 nitrogen and oxygen atoms in total. The molecule has 1 spiro atoms. The first kappa shape index (κ1) is 31.9. The van der Waals surface area contributed by atoms with E-state index >= 15 is 0 Å². The first-order valence-electron chi connectivity index (χ1n) is 19.7. The van der Waals surface area contributed by atoms with E-state index in [1.165, 1.54) is 66.8 Å². The van der Waals surface area contributed by atoms with Gasteiger partial charge >= 0.3 is 0 Å². The van der Waals surface area contributed by atoms with E-state index in [0.29, 0.717) is 0 Å². The van der Waals surface area contributed by atoms with Gasteiger partial charge in [-0.1, -0.05) is 170 Å². The lowest BCUT2D eigenvalue weighted by Crippen LogP contribution is -2.26. The Morgan fingerprint density at radius 1 is 0.351 bits per heavy atom. The van der Waals surface area contributed by atoms with Crippen LogP contribution in [0.2, 0.25) is 0 Å². The summed E-state index contributed by atoms with van der Waals surface area (Å²) in [5.41, 5.74) is 19.4. The average molecular weight is 726 g/mol. The Balaban J connectivity index is 1.25. The molecule has 0 unspecified atom stereocenters. The van der Waals surface area contributed by atoms with Crippen molar-refractivity contribution in [3.63, 3.8) is 0 Å². The molecule has 0 N–H and O–H groups in total. The lowest BCUT2D eigenvalue weighted by Gasteiger charge is -2.32. The quantitative estimate of drug-likeness (QED) is 0.176. The Kier molecular flexibility index (Phi) is 6.88. The van der Waals surface area contributed by atoms with Crippen LogP contribution in [0.1, 0.15) is 22.3 Å². The molecule has 10 aromatic rings. The SMILES string of the molecule is c1ccc(-c2ccc(N(c3ccccc3)c3c4c(cc5oc6ccccc6c35)C3(c5ccccc5-c5ccccc53)c3cc(-c5ccccc5)ccc3-4)cc2)cc1. The molecule has 266 valence electrons. The van der Waals surface area contributed by atoms with Gasteiger partial charge in [0.15, 0.2) is 0 Å². The zero-order valence-electron chi connectivity index (χ0n) is 31.1. The van der Waals surface area contributed by atoms with Gasteiger partial charge in [-0.25, -0.2) is 0 Å². The van der Waals surface area contributed by atoms with Crippen LogP contribution < -0.4 is 4.90 Å². The highest BCUT2D eigenvalue weighted by atomic mass is 16.3. The van der Waals surface area contributed by atoms with E-state index in [1.807, 2.05) is 0 Å². The molecular formula is C55H35NO. The van der Waals surface area contributed by atoms with E-state index in [-0.39, 0.29) is 0 Å². The van der Waals surface area contributed by atoms with Gasteiger partial charge in [-0.05, 0) is 104 Å². The standard InChI is InChI=1S/C55H35NO/c1-4-16-36(17-5-1)38-28-31-41(32-29-38)56(40-20-8-3-9-21-40)54-52-44-33-30-39(37-18-6-2-7-19-37)34-48(44)55(46-25-13-10-22-42(46)43-23-11-14-26-47(43)55)49(52)35-51-53(54)45-24-12-15-27-50(45)57-51/h1-35H. The van der Waals surface area contributed by atoms with Crippen molar-refractivity contribution in [2.24, 2.45) is 0 Å². The van der Waals surface area contributed by atoms with Crippen LogP contribution in [0.15, 0.2) is 217 Å². The summed E-state index contributed by atoms with van der Waals surface area (Å²) in [6.45, 7) is 0. The fraction of sp³-hybridized carbons (Fsp3) is 0.0182. The van der Waals surface area contributed by atoms with Crippen molar-refractivity contribution in [2.45, 2.75) is 5.41 Å². The van der Waals surface area contributed by atoms with Crippen LogP contribution in [0, 0.1) is 0 Å². The number of rotatable bonds is 5. The molecule has 0 saturated carbocycles. The lowest BCUT2D eigenvalue weighted by atomic mass is 9.70. The van der Waals surface area contributed by atoms with Crippen LogP contribution in [0.5, 0.6) is 0 Å². The first-order valence-corrected chi connectivity index (χ1v) is 19.7. The molecule has 0 aliphatic heterocycles. The molecule has 0 fully saturated rings. The first-order chi connectivity index (χ1) is 28.3. The van der Waals surface area contributed by atoms with Crippen molar-refractivity contribution < 1.29 is 4.42 Å². The van der Waals surface area contributed by atoms with Crippen LogP contribution in [-0.4, -0.2) is 0 Å². The highest BCUT2D eigenvalue weighted by Gasteiger charge is 2.53. The fourth-order valence-electron chi connectivity index (χ4n) is 9.92. The summed E-state index contributed by atoms with van der Waals surface area (Å²) in [4.78, 5) is 2.47. The molecule has 1 heterocycles. The van der Waals surface area contributed by atoms with Gasteiger partial charge in [-0.3, -0.25) is 0 Å². The number of anilines is 3. The second-order valence-electron chi connectivity index (χ2n) is 15.2. The number of nitrogens with zero attached hydrogens (tertiary/aromatic N) is 1. The molecule has 2 aliphatic carbocycles. The molecule has 2 heteroatoms. The summed E-state index contributed by atoms with van der Waals surface area (Å²) in [5, 5.41) is 2.21. The van der Waals surface area contributed by atoms with Crippen molar-refractivity contribution in [2.75, 3.05) is 4.90 Å². The van der Waals surface area contributed by atoms with Crippen molar-refractivity contribution in [1.29, 1.82) is 0 Å². The Morgan fingerprint density at radius 3 is 1.56 bits per heavy atom. The molecule has 12 rings (SSSR count). The maximum Gasteiger partial charge on any atom is 0.137 e. The predicted octanol–water partition coefficient (Wildman–Crippen LogP) is 14.7. The third-order valence-electron chi connectivity index (χ3n) is 12.3.